The number of esters is 2. The highest BCUT2D eigenvalue weighted by Crippen LogP contribution is 2.38. The number of quaternary nitrogens is 1. The van der Waals surface area contributed by atoms with Crippen molar-refractivity contribution in [3.8, 4) is 0 Å². The summed E-state index contributed by atoms with van der Waals surface area (Å²) in [6.07, 6.45) is 109. The molecular weight excluding hydrogens is 1210 g/mol. The van der Waals surface area contributed by atoms with Gasteiger partial charge in [0.05, 0.1) is 27.7 Å². The summed E-state index contributed by atoms with van der Waals surface area (Å²) in [5.74, 6) is -0.879. The summed E-state index contributed by atoms with van der Waals surface area (Å²) in [6, 6.07) is 0. The molecule has 0 aromatic rings. The monoisotopic (exact) mass is 1360 g/mol. The van der Waals surface area contributed by atoms with E-state index < -0.39 is 32.5 Å². The Balaban J connectivity index is 4.02. The van der Waals surface area contributed by atoms with Gasteiger partial charge in [-0.2, -0.15) is 0 Å². The predicted molar refractivity (Wildman–Crippen MR) is 415 cm³/mol. The van der Waals surface area contributed by atoms with E-state index in [2.05, 4.69) is 135 Å². The van der Waals surface area contributed by atoms with Gasteiger partial charge in [0.1, 0.15) is 19.8 Å². The number of phosphoric acid groups is 1. The second-order valence-electron chi connectivity index (χ2n) is 28.1. The van der Waals surface area contributed by atoms with Crippen molar-refractivity contribution in [2.24, 2.45) is 0 Å². The Kier molecular flexibility index (Phi) is 72.8. The number of rotatable bonds is 74. The topological polar surface area (TPSA) is 111 Å². The first-order valence-electron chi connectivity index (χ1n) is 40.2. The van der Waals surface area contributed by atoms with Gasteiger partial charge >= 0.3 is 11.9 Å². The average Bonchev–Trinajstić information content (AvgIpc) is 1.48. The van der Waals surface area contributed by atoms with Gasteiger partial charge in [-0.15, -0.1) is 0 Å². The minimum Gasteiger partial charge on any atom is -0.756 e. The van der Waals surface area contributed by atoms with Crippen LogP contribution in [-0.2, 0) is 32.7 Å². The molecule has 0 aromatic heterocycles. The van der Waals surface area contributed by atoms with E-state index in [9.17, 15) is 19.0 Å². The number of carbonyl (C=O) groups excluding carboxylic acids is 2. The molecule has 0 heterocycles. The van der Waals surface area contributed by atoms with E-state index in [1.54, 1.807) is 0 Å². The Morgan fingerprint density at radius 2 is 0.594 bits per heavy atom. The lowest BCUT2D eigenvalue weighted by molar-refractivity contribution is -0.870. The highest BCUT2D eigenvalue weighted by atomic mass is 31.2. The van der Waals surface area contributed by atoms with Crippen molar-refractivity contribution in [3.63, 3.8) is 0 Å². The van der Waals surface area contributed by atoms with Crippen molar-refractivity contribution in [2.45, 2.75) is 367 Å². The van der Waals surface area contributed by atoms with E-state index in [-0.39, 0.29) is 26.1 Å². The Labute approximate surface area is 594 Å². The molecule has 0 bridgehead atoms. The molecular formula is C86H152NO8P. The summed E-state index contributed by atoms with van der Waals surface area (Å²) in [4.78, 5) is 38.1. The zero-order valence-electron chi connectivity index (χ0n) is 63.3. The molecule has 96 heavy (non-hydrogen) atoms. The third kappa shape index (κ3) is 79.4. The maximum absolute atomic E-state index is 12.9. The second-order valence-corrected chi connectivity index (χ2v) is 29.5. The molecule has 0 fully saturated rings. The van der Waals surface area contributed by atoms with Gasteiger partial charge in [0.2, 0.25) is 0 Å². The van der Waals surface area contributed by atoms with Crippen LogP contribution in [0.5, 0.6) is 0 Å². The third-order valence-corrected chi connectivity index (χ3v) is 18.5. The fraction of sp³-hybridized carbons (Fsp3) is 0.744. The highest BCUT2D eigenvalue weighted by Gasteiger charge is 2.22. The number of phosphoric ester groups is 1. The minimum atomic E-state index is -4.67. The predicted octanol–water partition coefficient (Wildman–Crippen LogP) is 26.3. The number of nitrogens with zero attached hydrogens (tertiary/aromatic N) is 1. The van der Waals surface area contributed by atoms with Crippen molar-refractivity contribution in [2.75, 3.05) is 47.5 Å². The van der Waals surface area contributed by atoms with E-state index in [0.29, 0.717) is 17.4 Å². The fourth-order valence-corrected chi connectivity index (χ4v) is 12.1. The van der Waals surface area contributed by atoms with Crippen LogP contribution in [0.4, 0.5) is 0 Å². The van der Waals surface area contributed by atoms with Gasteiger partial charge in [0.25, 0.3) is 7.82 Å². The van der Waals surface area contributed by atoms with Crippen LogP contribution in [0, 0.1) is 0 Å². The molecule has 9 nitrogen and oxygen atoms in total. The summed E-state index contributed by atoms with van der Waals surface area (Å²) < 4.78 is 34.3. The molecule has 0 spiro atoms. The number of hydrogen-bond acceptors (Lipinski definition) is 8. The molecule has 0 aromatic carbocycles. The Morgan fingerprint density at radius 1 is 0.333 bits per heavy atom. The summed E-state index contributed by atoms with van der Waals surface area (Å²) in [5.41, 5.74) is 0. The van der Waals surface area contributed by atoms with E-state index in [1.807, 2.05) is 21.1 Å². The van der Waals surface area contributed by atoms with E-state index in [0.717, 1.165) is 96.3 Å². The van der Waals surface area contributed by atoms with Crippen LogP contribution >= 0.6 is 7.82 Å². The standard InChI is InChI=1S/C86H152NO8P/c1-6-8-10-12-14-16-18-20-22-24-26-28-30-32-34-36-38-40-41-42-43-44-45-47-48-50-52-54-56-58-60-62-64-66-68-70-72-74-76-78-85(88)92-82-84(83-94-96(90,91)93-81-80-87(3,4)5)95-86(89)79-77-75-73-71-69-67-65-63-61-59-57-55-53-51-49-46-39-37-35-33-31-29-27-25-23-21-19-17-15-13-11-9-7-2/h9,11,15,17,21,23,27,29,33,35,39,46,51,53,57,59,63,65,69,71,84H,6-8,10,12-14,16,18-20,22,24-26,28,30-32,34,36-38,40-45,47-50,52,54-56,58,60-62,64,66-68,70,72-83H2,1-5H3/b11-9-,17-15-,23-21-,29-27-,35-33-,46-39-,53-51-,59-57-,65-63-,71-69-. The van der Waals surface area contributed by atoms with Gasteiger partial charge in [-0.1, -0.05) is 379 Å². The second kappa shape index (κ2) is 75.6. The minimum absolute atomic E-state index is 0.0443. The lowest BCUT2D eigenvalue weighted by Gasteiger charge is -2.28. The van der Waals surface area contributed by atoms with Crippen molar-refractivity contribution in [3.05, 3.63) is 122 Å². The molecule has 2 unspecified atom stereocenters. The van der Waals surface area contributed by atoms with Crippen molar-refractivity contribution in [1.82, 2.24) is 0 Å². The van der Waals surface area contributed by atoms with Crippen LogP contribution in [0.25, 0.3) is 0 Å². The summed E-state index contributed by atoms with van der Waals surface area (Å²) in [7, 11) is 1.13. The van der Waals surface area contributed by atoms with Gasteiger partial charge in [-0.05, 0) is 89.9 Å². The Hall–Kier alpha value is -3.59. The lowest BCUT2D eigenvalue weighted by atomic mass is 10.0. The van der Waals surface area contributed by atoms with Crippen LogP contribution < -0.4 is 4.89 Å². The quantitative estimate of drug-likeness (QED) is 0.0195. The summed E-state index contributed by atoms with van der Waals surface area (Å²) in [5, 5.41) is 0. The van der Waals surface area contributed by atoms with E-state index in [4.69, 9.17) is 18.5 Å². The van der Waals surface area contributed by atoms with Crippen LogP contribution in [0.2, 0.25) is 0 Å². The molecule has 0 radical (unpaired) electrons. The van der Waals surface area contributed by atoms with Crippen molar-refractivity contribution in [1.29, 1.82) is 0 Å². The maximum Gasteiger partial charge on any atom is 0.306 e. The molecule has 0 aliphatic rings. The van der Waals surface area contributed by atoms with Crippen LogP contribution in [0.15, 0.2) is 122 Å². The van der Waals surface area contributed by atoms with Crippen LogP contribution in [0.1, 0.15) is 361 Å². The van der Waals surface area contributed by atoms with Crippen molar-refractivity contribution >= 4 is 19.8 Å². The normalized spacial score (nSPS) is 13.7. The summed E-state index contributed by atoms with van der Waals surface area (Å²) in [6.45, 7) is 4.11. The first-order chi connectivity index (χ1) is 47.0. The molecule has 0 aliphatic heterocycles. The van der Waals surface area contributed by atoms with Gasteiger partial charge in [0.15, 0.2) is 6.10 Å². The van der Waals surface area contributed by atoms with Gasteiger partial charge in [-0.25, -0.2) is 0 Å². The molecule has 0 saturated heterocycles. The molecule has 10 heteroatoms. The molecule has 0 aliphatic carbocycles. The number of unbranched alkanes of at least 4 members (excludes halogenated alkanes) is 40. The number of likely N-dealkylation sites (N-methyl/N-ethyl adjacent to an activating group) is 1. The Morgan fingerprint density at radius 3 is 0.885 bits per heavy atom. The largest absolute Gasteiger partial charge is 0.756 e. The molecule has 554 valence electrons. The molecule has 0 saturated carbocycles. The molecule has 0 rings (SSSR count). The van der Waals surface area contributed by atoms with Crippen LogP contribution in [-0.4, -0.2) is 70.0 Å². The number of ether oxygens (including phenoxy) is 2. The zero-order chi connectivity index (χ0) is 69.7. The molecule has 0 amide bonds. The zero-order valence-corrected chi connectivity index (χ0v) is 64.2. The smallest absolute Gasteiger partial charge is 0.306 e. The van der Waals surface area contributed by atoms with Crippen LogP contribution in [0.3, 0.4) is 0 Å². The SMILES string of the molecule is CC/C=C\C/C=C\C/C=C\C/C=C\C/C=C\C/C=C\C/C=C\C/C=C\C/C=C\C/C=C\CCCCC(=O)OC(COC(=O)CCCCCCCCCCCCCCCCCCCCCCCCCCCCCCCCCCCCCCCCC)COP(=O)([O-])OCC[N+](C)(C)C. The number of hydrogen-bond donors (Lipinski definition) is 0. The Bertz CT molecular complexity index is 2040. The van der Waals surface area contributed by atoms with Gasteiger partial charge < -0.3 is 27.9 Å². The van der Waals surface area contributed by atoms with E-state index >= 15 is 0 Å². The number of carbonyl (C=O) groups is 2. The fourth-order valence-electron chi connectivity index (χ4n) is 11.4. The average molecular weight is 1360 g/mol. The van der Waals surface area contributed by atoms with Gasteiger partial charge in [-0.3, -0.25) is 14.2 Å². The highest BCUT2D eigenvalue weighted by molar-refractivity contribution is 7.45. The number of allylic oxidation sites excluding steroid dienone is 20. The molecule has 0 N–H and O–H groups in total. The molecule has 2 atom stereocenters. The summed E-state index contributed by atoms with van der Waals surface area (Å²) >= 11 is 0. The first kappa shape index (κ1) is 92.4. The first-order valence-corrected chi connectivity index (χ1v) is 41.7. The van der Waals surface area contributed by atoms with Gasteiger partial charge in [0, 0.05) is 12.8 Å². The van der Waals surface area contributed by atoms with E-state index in [1.165, 1.54) is 231 Å². The lowest BCUT2D eigenvalue weighted by Crippen LogP contribution is -2.37. The van der Waals surface area contributed by atoms with Crippen molar-refractivity contribution < 1.29 is 42.1 Å². The third-order valence-electron chi connectivity index (χ3n) is 17.5. The maximum atomic E-state index is 12.9.